The van der Waals surface area contributed by atoms with Crippen molar-refractivity contribution in [3.8, 4) is 0 Å². The van der Waals surface area contributed by atoms with Crippen molar-refractivity contribution in [2.45, 2.75) is 6.54 Å². The van der Waals surface area contributed by atoms with Crippen LogP contribution >= 0.6 is 0 Å². The first-order valence-electron chi connectivity index (χ1n) is 4.08. The fourth-order valence-corrected chi connectivity index (χ4v) is 0.973. The molecule has 72 valence electrons. The highest BCUT2D eigenvalue weighted by molar-refractivity contribution is 5.22. The van der Waals surface area contributed by atoms with Gasteiger partial charge in [0.05, 0.1) is 24.7 Å². The average Bonchev–Trinajstić information content (AvgIpc) is 2.09. The second-order valence-corrected chi connectivity index (χ2v) is 2.89. The molecule has 0 aliphatic carbocycles. The summed E-state index contributed by atoms with van der Waals surface area (Å²) in [5.41, 5.74) is 6.24. The second kappa shape index (κ2) is 4.74. The number of aliphatic hydroxyl groups is 1. The SMILES string of the molecule is CN(CCO)Cc1cnc(N)cn1. The molecule has 0 unspecified atom stereocenters. The predicted octanol–water partition coefficient (Wildman–Crippen LogP) is -0.517. The zero-order valence-electron chi connectivity index (χ0n) is 7.64. The molecule has 0 saturated heterocycles. The normalized spacial score (nSPS) is 10.7. The lowest BCUT2D eigenvalue weighted by molar-refractivity contribution is 0.216. The summed E-state index contributed by atoms with van der Waals surface area (Å²) in [6.07, 6.45) is 3.17. The molecular weight excluding hydrogens is 168 g/mol. The van der Waals surface area contributed by atoms with E-state index in [1.54, 1.807) is 6.20 Å². The summed E-state index contributed by atoms with van der Waals surface area (Å²) in [4.78, 5) is 9.97. The number of aliphatic hydroxyl groups excluding tert-OH is 1. The Balaban J connectivity index is 2.49. The maximum Gasteiger partial charge on any atom is 0.141 e. The molecule has 0 aromatic carbocycles. The lowest BCUT2D eigenvalue weighted by Crippen LogP contribution is -2.22. The lowest BCUT2D eigenvalue weighted by Gasteiger charge is -2.13. The lowest BCUT2D eigenvalue weighted by atomic mass is 10.4. The van der Waals surface area contributed by atoms with E-state index in [1.807, 2.05) is 11.9 Å². The third-order valence-electron chi connectivity index (χ3n) is 1.64. The topological polar surface area (TPSA) is 75.3 Å². The van der Waals surface area contributed by atoms with Crippen LogP contribution in [-0.4, -0.2) is 40.2 Å². The van der Waals surface area contributed by atoms with Crippen LogP contribution in [0.15, 0.2) is 12.4 Å². The Hall–Kier alpha value is -1.20. The molecule has 13 heavy (non-hydrogen) atoms. The van der Waals surface area contributed by atoms with Crippen molar-refractivity contribution in [2.75, 3.05) is 25.9 Å². The largest absolute Gasteiger partial charge is 0.395 e. The highest BCUT2D eigenvalue weighted by Crippen LogP contribution is 1.99. The van der Waals surface area contributed by atoms with Gasteiger partial charge in [0.1, 0.15) is 5.82 Å². The number of nitrogen functional groups attached to an aromatic ring is 1. The molecule has 0 spiro atoms. The summed E-state index contributed by atoms with van der Waals surface area (Å²) in [5, 5.41) is 8.66. The molecule has 0 radical (unpaired) electrons. The monoisotopic (exact) mass is 182 g/mol. The van der Waals surface area contributed by atoms with Gasteiger partial charge in [0.2, 0.25) is 0 Å². The fourth-order valence-electron chi connectivity index (χ4n) is 0.973. The molecule has 1 rings (SSSR count). The van der Waals surface area contributed by atoms with Crippen LogP contribution < -0.4 is 5.73 Å². The maximum absolute atomic E-state index is 8.66. The van der Waals surface area contributed by atoms with Crippen LogP contribution in [0.5, 0.6) is 0 Å². The van der Waals surface area contributed by atoms with Gasteiger partial charge in [0, 0.05) is 13.1 Å². The maximum atomic E-state index is 8.66. The van der Waals surface area contributed by atoms with Crippen LogP contribution in [0.3, 0.4) is 0 Å². The molecule has 5 heteroatoms. The van der Waals surface area contributed by atoms with Crippen molar-refractivity contribution >= 4 is 5.82 Å². The first-order valence-corrected chi connectivity index (χ1v) is 4.08. The minimum atomic E-state index is 0.152. The zero-order chi connectivity index (χ0) is 9.68. The molecular formula is C8H14N4O. The second-order valence-electron chi connectivity index (χ2n) is 2.89. The van der Waals surface area contributed by atoms with E-state index >= 15 is 0 Å². The smallest absolute Gasteiger partial charge is 0.141 e. The molecule has 3 N–H and O–H groups in total. The molecule has 1 heterocycles. The first-order chi connectivity index (χ1) is 6.22. The Bertz CT molecular complexity index is 249. The quantitative estimate of drug-likeness (QED) is 0.655. The van der Waals surface area contributed by atoms with Gasteiger partial charge in [-0.25, -0.2) is 4.98 Å². The van der Waals surface area contributed by atoms with Crippen molar-refractivity contribution in [3.05, 3.63) is 18.1 Å². The summed E-state index contributed by atoms with van der Waals surface area (Å²) in [7, 11) is 1.91. The minimum Gasteiger partial charge on any atom is -0.395 e. The van der Waals surface area contributed by atoms with Gasteiger partial charge in [-0.2, -0.15) is 0 Å². The molecule has 0 atom stereocenters. The number of likely N-dealkylation sites (N-methyl/N-ethyl adjacent to an activating group) is 1. The van der Waals surface area contributed by atoms with Crippen molar-refractivity contribution < 1.29 is 5.11 Å². The zero-order valence-corrected chi connectivity index (χ0v) is 7.64. The number of hydrogen-bond donors (Lipinski definition) is 2. The first kappa shape index (κ1) is 9.88. The summed E-state index contributed by atoms with van der Waals surface area (Å²) < 4.78 is 0. The van der Waals surface area contributed by atoms with Crippen molar-refractivity contribution in [1.29, 1.82) is 0 Å². The van der Waals surface area contributed by atoms with Gasteiger partial charge in [-0.15, -0.1) is 0 Å². The number of anilines is 1. The molecule has 0 fully saturated rings. The Labute approximate surface area is 77.2 Å². The minimum absolute atomic E-state index is 0.152. The van der Waals surface area contributed by atoms with Gasteiger partial charge in [0.15, 0.2) is 0 Å². The van der Waals surface area contributed by atoms with Gasteiger partial charge in [-0.1, -0.05) is 0 Å². The van der Waals surface area contributed by atoms with Gasteiger partial charge in [-0.05, 0) is 7.05 Å². The summed E-state index contributed by atoms with van der Waals surface area (Å²) in [5.74, 6) is 0.425. The number of nitrogens with two attached hydrogens (primary N) is 1. The molecule has 0 aliphatic rings. The number of nitrogens with zero attached hydrogens (tertiary/aromatic N) is 3. The van der Waals surface area contributed by atoms with Gasteiger partial charge in [0.25, 0.3) is 0 Å². The molecule has 0 aliphatic heterocycles. The van der Waals surface area contributed by atoms with E-state index < -0.39 is 0 Å². The van der Waals surface area contributed by atoms with E-state index in [2.05, 4.69) is 9.97 Å². The summed E-state index contributed by atoms with van der Waals surface area (Å²) in [6.45, 7) is 1.46. The Morgan fingerprint density at radius 3 is 2.77 bits per heavy atom. The highest BCUT2D eigenvalue weighted by Gasteiger charge is 2.00. The Morgan fingerprint density at radius 1 is 1.46 bits per heavy atom. The number of rotatable bonds is 4. The predicted molar refractivity (Wildman–Crippen MR) is 49.9 cm³/mol. The average molecular weight is 182 g/mol. The van der Waals surface area contributed by atoms with Gasteiger partial charge >= 0.3 is 0 Å². The molecule has 0 saturated carbocycles. The van der Waals surface area contributed by atoms with Crippen molar-refractivity contribution in [3.63, 3.8) is 0 Å². The summed E-state index contributed by atoms with van der Waals surface area (Å²) >= 11 is 0. The van der Waals surface area contributed by atoms with Crippen LogP contribution in [0, 0.1) is 0 Å². The van der Waals surface area contributed by atoms with E-state index in [9.17, 15) is 0 Å². The molecule has 0 bridgehead atoms. The van der Waals surface area contributed by atoms with Crippen LogP contribution in [-0.2, 0) is 6.54 Å². The third kappa shape index (κ3) is 3.35. The van der Waals surface area contributed by atoms with Crippen molar-refractivity contribution in [1.82, 2.24) is 14.9 Å². The van der Waals surface area contributed by atoms with Crippen LogP contribution in [0.25, 0.3) is 0 Å². The van der Waals surface area contributed by atoms with Crippen molar-refractivity contribution in [2.24, 2.45) is 0 Å². The van der Waals surface area contributed by atoms with E-state index in [-0.39, 0.29) is 6.61 Å². The van der Waals surface area contributed by atoms with E-state index in [0.717, 1.165) is 5.69 Å². The van der Waals surface area contributed by atoms with Crippen LogP contribution in [0.2, 0.25) is 0 Å². The third-order valence-corrected chi connectivity index (χ3v) is 1.64. The molecule has 0 amide bonds. The van der Waals surface area contributed by atoms with Crippen LogP contribution in [0.1, 0.15) is 5.69 Å². The molecule has 5 nitrogen and oxygen atoms in total. The Kier molecular flexibility index (Phi) is 3.60. The summed E-state index contributed by atoms with van der Waals surface area (Å²) in [6, 6.07) is 0. The molecule has 1 aromatic heterocycles. The van der Waals surface area contributed by atoms with E-state index in [4.69, 9.17) is 10.8 Å². The van der Waals surface area contributed by atoms with E-state index in [0.29, 0.717) is 18.9 Å². The van der Waals surface area contributed by atoms with Gasteiger partial charge in [-0.3, -0.25) is 9.88 Å². The number of aromatic nitrogens is 2. The number of hydrogen-bond acceptors (Lipinski definition) is 5. The highest BCUT2D eigenvalue weighted by atomic mass is 16.3. The fraction of sp³-hybridized carbons (Fsp3) is 0.500. The van der Waals surface area contributed by atoms with Gasteiger partial charge < -0.3 is 10.8 Å². The van der Waals surface area contributed by atoms with Crippen LogP contribution in [0.4, 0.5) is 5.82 Å². The van der Waals surface area contributed by atoms with E-state index in [1.165, 1.54) is 6.20 Å². The standard InChI is InChI=1S/C8H14N4O/c1-12(2-3-13)6-7-4-11-8(9)5-10-7/h4-5,13H,2-3,6H2,1H3,(H2,9,11). The molecule has 1 aromatic rings. The Morgan fingerprint density at radius 2 is 2.23 bits per heavy atom.